The Hall–Kier alpha value is -1.36. The quantitative estimate of drug-likeness (QED) is 0.756. The van der Waals surface area contributed by atoms with E-state index in [4.69, 9.17) is 4.74 Å². The van der Waals surface area contributed by atoms with Gasteiger partial charge in [0, 0.05) is 12.2 Å². The predicted molar refractivity (Wildman–Crippen MR) is 65.7 cm³/mol. The van der Waals surface area contributed by atoms with E-state index in [0.29, 0.717) is 13.2 Å². The van der Waals surface area contributed by atoms with E-state index in [0.717, 1.165) is 5.56 Å². The van der Waals surface area contributed by atoms with Crippen molar-refractivity contribution in [3.8, 4) is 0 Å². The van der Waals surface area contributed by atoms with Crippen molar-refractivity contribution in [3.63, 3.8) is 0 Å². The van der Waals surface area contributed by atoms with Gasteiger partial charge in [-0.25, -0.2) is 0 Å². The minimum atomic E-state index is -0.353. The number of carbonyl (C=O) groups excluding carboxylic acids is 1. The fraction of sp³-hybridized carbons (Fsp3) is 0.667. The average Bonchev–Trinajstić information content (AvgIpc) is 2.63. The lowest BCUT2D eigenvalue weighted by atomic mass is 10.2. The monoisotopic (exact) mass is 239 g/mol. The van der Waals surface area contributed by atoms with Gasteiger partial charge in [-0.1, -0.05) is 13.8 Å². The van der Waals surface area contributed by atoms with Crippen LogP contribution >= 0.6 is 0 Å². The second-order valence-corrected chi connectivity index (χ2v) is 4.37. The highest BCUT2D eigenvalue weighted by atomic mass is 16.5. The molecule has 1 rings (SSSR count). The van der Waals surface area contributed by atoms with Crippen LogP contribution in [0.1, 0.15) is 26.3 Å². The summed E-state index contributed by atoms with van der Waals surface area (Å²) in [5, 5.41) is 7.36. The number of hydrogen-bond donors (Lipinski definition) is 1. The summed E-state index contributed by atoms with van der Waals surface area (Å²) < 4.78 is 6.80. The van der Waals surface area contributed by atoms with Crippen LogP contribution in [0.5, 0.6) is 0 Å². The molecule has 0 spiro atoms. The van der Waals surface area contributed by atoms with E-state index < -0.39 is 0 Å². The summed E-state index contributed by atoms with van der Waals surface area (Å²) in [7, 11) is 0. The molecule has 0 radical (unpaired) electrons. The van der Waals surface area contributed by atoms with Gasteiger partial charge in [0.15, 0.2) is 0 Å². The highest BCUT2D eigenvalue weighted by molar-refractivity contribution is 5.75. The summed E-state index contributed by atoms with van der Waals surface area (Å²) in [6, 6.07) is -0.129. The molecule has 0 aliphatic heterocycles. The number of nitrogens with zero attached hydrogens (tertiary/aromatic N) is 2. The topological polar surface area (TPSA) is 56.2 Å². The van der Waals surface area contributed by atoms with E-state index in [2.05, 4.69) is 10.4 Å². The van der Waals surface area contributed by atoms with E-state index in [1.807, 2.05) is 33.9 Å². The molecule has 1 N–H and O–H groups in total. The summed E-state index contributed by atoms with van der Waals surface area (Å²) in [5.74, 6) is -0.227. The van der Waals surface area contributed by atoms with Crippen molar-refractivity contribution in [2.75, 3.05) is 6.61 Å². The maximum absolute atomic E-state index is 11.8. The normalized spacial score (nSPS) is 12.8. The Morgan fingerprint density at radius 2 is 2.29 bits per heavy atom. The van der Waals surface area contributed by atoms with Gasteiger partial charge in [0.05, 0.1) is 19.3 Å². The van der Waals surface area contributed by atoms with E-state index in [1.54, 1.807) is 10.9 Å². The first-order valence-electron chi connectivity index (χ1n) is 5.94. The van der Waals surface area contributed by atoms with Crippen LogP contribution in [0.25, 0.3) is 0 Å². The summed E-state index contributed by atoms with van der Waals surface area (Å²) in [6.45, 7) is 8.67. The number of rotatable bonds is 6. The zero-order valence-corrected chi connectivity index (χ0v) is 10.9. The number of nitrogens with one attached hydrogen (secondary N) is 1. The average molecular weight is 239 g/mol. The third kappa shape index (κ3) is 4.56. The molecule has 5 heteroatoms. The molecule has 0 bridgehead atoms. The molecule has 0 aliphatic rings. The van der Waals surface area contributed by atoms with Crippen molar-refractivity contribution in [3.05, 3.63) is 18.0 Å². The number of carbonyl (C=O) groups is 1. The third-order valence-electron chi connectivity index (χ3n) is 2.24. The first-order chi connectivity index (χ1) is 8.02. The summed E-state index contributed by atoms with van der Waals surface area (Å²) in [6.07, 6.45) is 3.69. The molecule has 1 heterocycles. The first kappa shape index (κ1) is 13.7. The number of aryl methyl sites for hydroxylation is 1. The number of esters is 1. The van der Waals surface area contributed by atoms with Crippen LogP contribution in [-0.2, 0) is 16.1 Å². The first-order valence-corrected chi connectivity index (χ1v) is 5.94. The van der Waals surface area contributed by atoms with E-state index in [9.17, 15) is 4.79 Å². The second-order valence-electron chi connectivity index (χ2n) is 4.37. The Morgan fingerprint density at radius 1 is 1.59 bits per heavy atom. The largest absolute Gasteiger partial charge is 0.465 e. The van der Waals surface area contributed by atoms with Gasteiger partial charge in [-0.15, -0.1) is 0 Å². The predicted octanol–water partition coefficient (Wildman–Crippen LogP) is 1.12. The Labute approximate surface area is 102 Å². The van der Waals surface area contributed by atoms with Crippen molar-refractivity contribution < 1.29 is 9.53 Å². The van der Waals surface area contributed by atoms with Gasteiger partial charge >= 0.3 is 5.97 Å². The van der Waals surface area contributed by atoms with Crippen molar-refractivity contribution in [2.24, 2.45) is 0 Å². The molecule has 0 aliphatic carbocycles. The van der Waals surface area contributed by atoms with Crippen LogP contribution in [0, 0.1) is 6.92 Å². The number of ether oxygens (including phenoxy) is 1. The van der Waals surface area contributed by atoms with Crippen molar-refractivity contribution in [1.82, 2.24) is 15.1 Å². The SMILES string of the molecule is CCOC(=O)C(Cn1cc(C)cn1)NC(C)C. The van der Waals surface area contributed by atoms with Crippen LogP contribution in [0.2, 0.25) is 0 Å². The van der Waals surface area contributed by atoms with E-state index in [1.165, 1.54) is 0 Å². The molecule has 0 aromatic carbocycles. The van der Waals surface area contributed by atoms with Gasteiger partial charge in [-0.2, -0.15) is 5.10 Å². The lowest BCUT2D eigenvalue weighted by Crippen LogP contribution is -2.44. The highest BCUT2D eigenvalue weighted by Gasteiger charge is 2.21. The molecule has 5 nitrogen and oxygen atoms in total. The van der Waals surface area contributed by atoms with Gasteiger partial charge in [0.1, 0.15) is 6.04 Å². The molecular weight excluding hydrogens is 218 g/mol. The molecule has 1 aromatic rings. The standard InChI is InChI=1S/C12H21N3O2/c1-5-17-12(16)11(14-9(2)3)8-15-7-10(4)6-13-15/h6-7,9,11,14H,5,8H2,1-4H3. The molecule has 0 saturated carbocycles. The van der Waals surface area contributed by atoms with Crippen molar-refractivity contribution in [2.45, 2.75) is 46.3 Å². The Balaban J connectivity index is 2.66. The lowest BCUT2D eigenvalue weighted by molar-refractivity contribution is -0.146. The fourth-order valence-electron chi connectivity index (χ4n) is 1.59. The number of aromatic nitrogens is 2. The van der Waals surface area contributed by atoms with Crippen molar-refractivity contribution >= 4 is 5.97 Å². The zero-order chi connectivity index (χ0) is 12.8. The van der Waals surface area contributed by atoms with Crippen LogP contribution in [0.15, 0.2) is 12.4 Å². The maximum Gasteiger partial charge on any atom is 0.325 e. The van der Waals surface area contributed by atoms with Crippen LogP contribution in [-0.4, -0.2) is 34.4 Å². The lowest BCUT2D eigenvalue weighted by Gasteiger charge is -2.19. The smallest absolute Gasteiger partial charge is 0.325 e. The molecule has 17 heavy (non-hydrogen) atoms. The van der Waals surface area contributed by atoms with E-state index >= 15 is 0 Å². The number of hydrogen-bond acceptors (Lipinski definition) is 4. The zero-order valence-electron chi connectivity index (χ0n) is 10.9. The Kier molecular flexibility index (Phi) is 5.15. The minimum absolute atomic E-state index is 0.223. The maximum atomic E-state index is 11.8. The summed E-state index contributed by atoms with van der Waals surface area (Å²) in [5.41, 5.74) is 1.08. The minimum Gasteiger partial charge on any atom is -0.465 e. The molecule has 1 aromatic heterocycles. The summed E-state index contributed by atoms with van der Waals surface area (Å²) >= 11 is 0. The van der Waals surface area contributed by atoms with Crippen molar-refractivity contribution in [1.29, 1.82) is 0 Å². The Bertz CT molecular complexity index is 360. The highest BCUT2D eigenvalue weighted by Crippen LogP contribution is 2.00. The molecule has 96 valence electrons. The van der Waals surface area contributed by atoms with Gasteiger partial charge in [-0.05, 0) is 19.4 Å². The van der Waals surface area contributed by atoms with E-state index in [-0.39, 0.29) is 18.1 Å². The summed E-state index contributed by atoms with van der Waals surface area (Å²) in [4.78, 5) is 11.8. The van der Waals surface area contributed by atoms with Crippen LogP contribution < -0.4 is 5.32 Å². The van der Waals surface area contributed by atoms with Gasteiger partial charge in [0.25, 0.3) is 0 Å². The van der Waals surface area contributed by atoms with Gasteiger partial charge < -0.3 is 10.1 Å². The molecule has 0 saturated heterocycles. The third-order valence-corrected chi connectivity index (χ3v) is 2.24. The molecule has 1 unspecified atom stereocenters. The molecular formula is C12H21N3O2. The van der Waals surface area contributed by atoms with Gasteiger partial charge in [-0.3, -0.25) is 9.48 Å². The molecule has 0 fully saturated rings. The molecule has 0 amide bonds. The van der Waals surface area contributed by atoms with Gasteiger partial charge in [0.2, 0.25) is 0 Å². The second kappa shape index (κ2) is 6.39. The van der Waals surface area contributed by atoms with Crippen LogP contribution in [0.4, 0.5) is 0 Å². The molecule has 1 atom stereocenters. The Morgan fingerprint density at radius 3 is 2.76 bits per heavy atom. The fourth-order valence-corrected chi connectivity index (χ4v) is 1.59. The van der Waals surface area contributed by atoms with Crippen LogP contribution in [0.3, 0.4) is 0 Å².